The van der Waals surface area contributed by atoms with E-state index in [4.69, 9.17) is 0 Å². The molecule has 0 unspecified atom stereocenters. The van der Waals surface area contributed by atoms with Crippen LogP contribution in [0.15, 0.2) is 42.5 Å². The summed E-state index contributed by atoms with van der Waals surface area (Å²) in [5.41, 5.74) is 5.20. The number of piperidine rings is 1. The van der Waals surface area contributed by atoms with Gasteiger partial charge < -0.3 is 4.90 Å². The average molecular weight is 417 g/mol. The highest BCUT2D eigenvalue weighted by molar-refractivity contribution is 5.81. The van der Waals surface area contributed by atoms with Crippen LogP contribution in [0.25, 0.3) is 11.1 Å². The summed E-state index contributed by atoms with van der Waals surface area (Å²) in [4.78, 5) is 18.8. The summed E-state index contributed by atoms with van der Waals surface area (Å²) in [5.74, 6) is 0.341. The van der Waals surface area contributed by atoms with Crippen LogP contribution in [0.5, 0.6) is 0 Å². The third-order valence-corrected chi connectivity index (χ3v) is 6.42. The van der Waals surface area contributed by atoms with Gasteiger partial charge in [0.2, 0.25) is 0 Å². The smallest absolute Gasteiger partial charge is 0.146 e. The van der Waals surface area contributed by atoms with Crippen LogP contribution >= 0.6 is 0 Å². The van der Waals surface area contributed by atoms with E-state index >= 15 is 0 Å². The number of ketones is 1. The fourth-order valence-electron chi connectivity index (χ4n) is 4.64. The second-order valence-corrected chi connectivity index (χ2v) is 8.97. The molecule has 5 heteroatoms. The van der Waals surface area contributed by atoms with Gasteiger partial charge >= 0.3 is 0 Å². The van der Waals surface area contributed by atoms with E-state index in [9.17, 15) is 10.1 Å². The molecule has 31 heavy (non-hydrogen) atoms. The minimum Gasteiger partial charge on any atom is -0.305 e. The number of benzene rings is 2. The van der Waals surface area contributed by atoms with Gasteiger partial charge in [-0.15, -0.1) is 0 Å². The number of Topliss-reactive ketones (excluding diaryl/α,β-unsaturated/α-hetero) is 1. The van der Waals surface area contributed by atoms with Crippen LogP contribution in [-0.4, -0.2) is 66.8 Å². The van der Waals surface area contributed by atoms with Gasteiger partial charge in [0.15, 0.2) is 0 Å². The lowest BCUT2D eigenvalue weighted by Gasteiger charge is -2.25. The maximum absolute atomic E-state index is 11.7. The van der Waals surface area contributed by atoms with Crippen LogP contribution in [-0.2, 0) is 17.9 Å². The van der Waals surface area contributed by atoms with Crippen molar-refractivity contribution in [3.8, 4) is 17.2 Å². The molecular formula is C26H32N4O. The van der Waals surface area contributed by atoms with E-state index in [0.29, 0.717) is 12.3 Å². The van der Waals surface area contributed by atoms with Crippen molar-refractivity contribution in [2.45, 2.75) is 32.4 Å². The van der Waals surface area contributed by atoms with E-state index in [0.717, 1.165) is 75.3 Å². The molecule has 2 saturated heterocycles. The molecule has 0 saturated carbocycles. The van der Waals surface area contributed by atoms with Gasteiger partial charge in [0.05, 0.1) is 18.2 Å². The first-order chi connectivity index (χ1) is 15.1. The summed E-state index contributed by atoms with van der Waals surface area (Å²) in [6, 6.07) is 17.2. The molecule has 4 rings (SSSR count). The standard InChI is InChI=1S/C26H32N4O/c1-28-11-3-13-29(15-14-28)19-22-7-10-26(24(16-22)17-27)23-8-5-21(6-9-23)18-30-12-2-4-25(31)20-30/h5-10,16H,2-4,11-15,18-20H2,1H3. The Bertz CT molecular complexity index is 947. The van der Waals surface area contributed by atoms with E-state index in [1.165, 1.54) is 17.5 Å². The van der Waals surface area contributed by atoms with Gasteiger partial charge in [-0.1, -0.05) is 36.4 Å². The van der Waals surface area contributed by atoms with Crippen LogP contribution in [0.4, 0.5) is 0 Å². The minimum atomic E-state index is 0.341. The van der Waals surface area contributed by atoms with Crippen molar-refractivity contribution >= 4 is 5.78 Å². The molecule has 0 radical (unpaired) electrons. The molecule has 2 aliphatic rings. The number of hydrogen-bond acceptors (Lipinski definition) is 5. The van der Waals surface area contributed by atoms with E-state index in [2.05, 4.69) is 70.3 Å². The summed E-state index contributed by atoms with van der Waals surface area (Å²) in [6.45, 7) is 7.69. The van der Waals surface area contributed by atoms with E-state index < -0.39 is 0 Å². The van der Waals surface area contributed by atoms with Gasteiger partial charge in [0.1, 0.15) is 5.78 Å². The number of rotatable bonds is 5. The van der Waals surface area contributed by atoms with Gasteiger partial charge in [0.25, 0.3) is 0 Å². The van der Waals surface area contributed by atoms with Crippen LogP contribution in [0, 0.1) is 11.3 Å². The molecule has 0 atom stereocenters. The summed E-state index contributed by atoms with van der Waals surface area (Å²) < 4.78 is 0. The zero-order valence-electron chi connectivity index (χ0n) is 18.5. The number of carbonyl (C=O) groups is 1. The van der Waals surface area contributed by atoms with Gasteiger partial charge in [-0.2, -0.15) is 5.26 Å². The number of hydrogen-bond donors (Lipinski definition) is 0. The largest absolute Gasteiger partial charge is 0.305 e. The van der Waals surface area contributed by atoms with Crippen LogP contribution < -0.4 is 0 Å². The third-order valence-electron chi connectivity index (χ3n) is 6.42. The first-order valence-electron chi connectivity index (χ1n) is 11.4. The summed E-state index contributed by atoms with van der Waals surface area (Å²) in [6.07, 6.45) is 2.87. The zero-order chi connectivity index (χ0) is 21.6. The van der Waals surface area contributed by atoms with Crippen LogP contribution in [0.2, 0.25) is 0 Å². The molecule has 2 aromatic rings. The van der Waals surface area contributed by atoms with Crippen LogP contribution in [0.1, 0.15) is 36.0 Å². The number of likely N-dealkylation sites (tertiary alicyclic amines) is 1. The monoisotopic (exact) mass is 416 g/mol. The maximum Gasteiger partial charge on any atom is 0.146 e. The summed E-state index contributed by atoms with van der Waals surface area (Å²) in [5, 5.41) is 9.78. The van der Waals surface area contributed by atoms with Gasteiger partial charge in [-0.3, -0.25) is 14.6 Å². The summed E-state index contributed by atoms with van der Waals surface area (Å²) in [7, 11) is 2.18. The number of nitriles is 1. The highest BCUT2D eigenvalue weighted by atomic mass is 16.1. The Kier molecular flexibility index (Phi) is 7.14. The molecule has 0 spiro atoms. The fraction of sp³-hybridized carbons (Fsp3) is 0.462. The average Bonchev–Trinajstić information content (AvgIpc) is 2.98. The quantitative estimate of drug-likeness (QED) is 0.746. The SMILES string of the molecule is CN1CCCN(Cc2ccc(-c3ccc(CN4CCCC(=O)C4)cc3)c(C#N)c2)CC1. The molecule has 162 valence electrons. The molecular weight excluding hydrogens is 384 g/mol. The molecule has 2 heterocycles. The number of nitrogens with zero attached hydrogens (tertiary/aromatic N) is 4. The second kappa shape index (κ2) is 10.2. The van der Waals surface area contributed by atoms with Gasteiger partial charge in [-0.25, -0.2) is 0 Å². The normalized spacial score (nSPS) is 19.2. The Morgan fingerprint density at radius 1 is 0.871 bits per heavy atom. The number of carbonyl (C=O) groups excluding carboxylic acids is 1. The van der Waals surface area contributed by atoms with Gasteiger partial charge in [-0.05, 0) is 67.8 Å². The molecule has 0 aliphatic carbocycles. The Labute approximate surface area is 185 Å². The zero-order valence-corrected chi connectivity index (χ0v) is 18.5. The summed E-state index contributed by atoms with van der Waals surface area (Å²) >= 11 is 0. The highest BCUT2D eigenvalue weighted by Crippen LogP contribution is 2.26. The van der Waals surface area contributed by atoms with E-state index in [1.54, 1.807) is 0 Å². The predicted molar refractivity (Wildman–Crippen MR) is 124 cm³/mol. The maximum atomic E-state index is 11.7. The van der Waals surface area contributed by atoms with Crippen molar-refractivity contribution in [2.24, 2.45) is 0 Å². The van der Waals surface area contributed by atoms with Crippen molar-refractivity contribution in [3.05, 3.63) is 59.2 Å². The Morgan fingerprint density at radius 2 is 1.61 bits per heavy atom. The molecule has 5 nitrogen and oxygen atoms in total. The Balaban J connectivity index is 1.44. The molecule has 0 bridgehead atoms. The van der Waals surface area contributed by atoms with Crippen molar-refractivity contribution in [3.63, 3.8) is 0 Å². The number of likely N-dealkylation sites (N-methyl/N-ethyl adjacent to an activating group) is 1. The molecule has 2 aliphatic heterocycles. The first-order valence-corrected chi connectivity index (χ1v) is 11.4. The Morgan fingerprint density at radius 3 is 2.39 bits per heavy atom. The predicted octanol–water partition coefficient (Wildman–Crippen LogP) is 3.53. The molecule has 0 aromatic heterocycles. The van der Waals surface area contributed by atoms with Crippen molar-refractivity contribution in [1.82, 2.24) is 14.7 Å². The first kappa shape index (κ1) is 21.7. The topological polar surface area (TPSA) is 50.6 Å². The lowest BCUT2D eigenvalue weighted by atomic mass is 9.97. The van der Waals surface area contributed by atoms with Gasteiger partial charge in [0, 0.05) is 32.6 Å². The molecule has 2 aromatic carbocycles. The van der Waals surface area contributed by atoms with E-state index in [-0.39, 0.29) is 0 Å². The second-order valence-electron chi connectivity index (χ2n) is 8.97. The lowest BCUT2D eigenvalue weighted by molar-refractivity contribution is -0.122. The lowest BCUT2D eigenvalue weighted by Crippen LogP contribution is -2.34. The van der Waals surface area contributed by atoms with Crippen molar-refractivity contribution in [2.75, 3.05) is 46.3 Å². The molecule has 0 N–H and O–H groups in total. The molecule has 0 amide bonds. The van der Waals surface area contributed by atoms with Crippen molar-refractivity contribution < 1.29 is 4.79 Å². The van der Waals surface area contributed by atoms with Crippen LogP contribution in [0.3, 0.4) is 0 Å². The van der Waals surface area contributed by atoms with Crippen molar-refractivity contribution in [1.29, 1.82) is 5.26 Å². The minimum absolute atomic E-state index is 0.341. The molecule has 2 fully saturated rings. The van der Waals surface area contributed by atoms with E-state index in [1.807, 2.05) is 0 Å². The fourth-order valence-corrected chi connectivity index (χ4v) is 4.64. The highest BCUT2D eigenvalue weighted by Gasteiger charge is 2.17. The Hall–Kier alpha value is -2.52. The third kappa shape index (κ3) is 5.80.